The fourth-order valence-electron chi connectivity index (χ4n) is 3.44. The maximum absolute atomic E-state index is 12.7. The molecule has 7 heteroatoms. The minimum atomic E-state index is -0.396. The van der Waals surface area contributed by atoms with Crippen molar-refractivity contribution >= 4 is 28.2 Å². The second-order valence-corrected chi connectivity index (χ2v) is 8.21. The van der Waals surface area contributed by atoms with E-state index < -0.39 is 5.97 Å². The van der Waals surface area contributed by atoms with Gasteiger partial charge in [0, 0.05) is 12.0 Å². The molecule has 2 heterocycles. The van der Waals surface area contributed by atoms with Crippen molar-refractivity contribution in [2.24, 2.45) is 0 Å². The summed E-state index contributed by atoms with van der Waals surface area (Å²) < 4.78 is 10.4. The Morgan fingerprint density at radius 2 is 1.96 bits per heavy atom. The zero-order valence-electron chi connectivity index (χ0n) is 16.8. The SMILES string of the molecule is CCOc1ccc(C(=O)Nc2sc3c(c2C(=O)OC)CC[NH+](C(C)C)C3)cc1. The molecule has 150 valence electrons. The summed E-state index contributed by atoms with van der Waals surface area (Å²) in [6.07, 6.45) is 0.808. The predicted octanol–water partition coefficient (Wildman–Crippen LogP) is 2.54. The first-order valence-electron chi connectivity index (χ1n) is 9.56. The number of ether oxygens (including phenoxy) is 2. The van der Waals surface area contributed by atoms with Crippen LogP contribution in [0.2, 0.25) is 0 Å². The number of esters is 1. The fourth-order valence-corrected chi connectivity index (χ4v) is 4.73. The molecular formula is C21H27N2O4S+. The van der Waals surface area contributed by atoms with Gasteiger partial charge in [-0.3, -0.25) is 4.79 Å². The molecule has 1 aromatic carbocycles. The molecule has 0 aliphatic carbocycles. The average molecular weight is 404 g/mol. The molecule has 0 radical (unpaired) electrons. The number of quaternary nitrogens is 1. The van der Waals surface area contributed by atoms with Gasteiger partial charge in [-0.15, -0.1) is 11.3 Å². The quantitative estimate of drug-likeness (QED) is 0.728. The number of hydrogen-bond donors (Lipinski definition) is 2. The van der Waals surface area contributed by atoms with Crippen LogP contribution in [0, 0.1) is 0 Å². The third kappa shape index (κ3) is 4.20. The lowest BCUT2D eigenvalue weighted by Crippen LogP contribution is -3.14. The van der Waals surface area contributed by atoms with E-state index in [9.17, 15) is 9.59 Å². The van der Waals surface area contributed by atoms with E-state index in [2.05, 4.69) is 19.2 Å². The summed E-state index contributed by atoms with van der Waals surface area (Å²) in [4.78, 5) is 27.8. The number of carbonyl (C=O) groups excluding carboxylic acids is 2. The molecule has 1 aliphatic heterocycles. The number of fused-ring (bicyclic) bond motifs is 1. The molecule has 1 unspecified atom stereocenters. The Balaban J connectivity index is 1.86. The van der Waals surface area contributed by atoms with Gasteiger partial charge >= 0.3 is 5.97 Å². The first-order chi connectivity index (χ1) is 13.4. The molecule has 0 fully saturated rings. The maximum Gasteiger partial charge on any atom is 0.341 e. The standard InChI is InChI=1S/C21H26N2O4S/c1-5-27-15-8-6-14(7-9-15)19(24)22-20-18(21(25)26-4)16-10-11-23(13(2)3)12-17(16)28-20/h6-9,13H,5,10-12H2,1-4H3,(H,22,24)/p+1. The minimum Gasteiger partial charge on any atom is -0.494 e. The molecule has 28 heavy (non-hydrogen) atoms. The normalized spacial score (nSPS) is 15.8. The Morgan fingerprint density at radius 3 is 2.57 bits per heavy atom. The van der Waals surface area contributed by atoms with Crippen molar-refractivity contribution in [2.75, 3.05) is 25.6 Å². The lowest BCUT2D eigenvalue weighted by atomic mass is 10.0. The fraction of sp³-hybridized carbons (Fsp3) is 0.429. The molecule has 2 N–H and O–H groups in total. The van der Waals surface area contributed by atoms with Crippen molar-refractivity contribution in [1.82, 2.24) is 0 Å². The molecule has 0 saturated carbocycles. The summed E-state index contributed by atoms with van der Waals surface area (Å²) in [5.74, 6) is 0.0741. The smallest absolute Gasteiger partial charge is 0.341 e. The van der Waals surface area contributed by atoms with Crippen molar-refractivity contribution < 1.29 is 24.0 Å². The van der Waals surface area contributed by atoms with Gasteiger partial charge in [0.05, 0.1) is 36.7 Å². The molecule has 0 bridgehead atoms. The second-order valence-electron chi connectivity index (χ2n) is 7.10. The van der Waals surface area contributed by atoms with Gasteiger partial charge in [-0.1, -0.05) is 0 Å². The summed E-state index contributed by atoms with van der Waals surface area (Å²) in [5.41, 5.74) is 2.04. The first-order valence-corrected chi connectivity index (χ1v) is 10.4. The molecule has 1 aliphatic rings. The third-order valence-corrected chi connectivity index (χ3v) is 6.18. The minimum absolute atomic E-state index is 0.250. The van der Waals surface area contributed by atoms with Crippen molar-refractivity contribution in [3.8, 4) is 5.75 Å². The summed E-state index contributed by atoms with van der Waals surface area (Å²) in [6.45, 7) is 8.71. The average Bonchev–Trinajstić information content (AvgIpc) is 3.05. The van der Waals surface area contributed by atoms with Crippen LogP contribution in [0.5, 0.6) is 5.75 Å². The Morgan fingerprint density at radius 1 is 1.25 bits per heavy atom. The van der Waals surface area contributed by atoms with Crippen LogP contribution in [0.3, 0.4) is 0 Å². The second kappa shape index (κ2) is 8.75. The summed E-state index contributed by atoms with van der Waals surface area (Å²) in [7, 11) is 1.37. The van der Waals surface area contributed by atoms with Gasteiger partial charge < -0.3 is 19.7 Å². The largest absolute Gasteiger partial charge is 0.494 e. The van der Waals surface area contributed by atoms with E-state index in [4.69, 9.17) is 9.47 Å². The van der Waals surface area contributed by atoms with E-state index in [0.717, 1.165) is 35.7 Å². The summed E-state index contributed by atoms with van der Waals surface area (Å²) >= 11 is 1.48. The molecule has 1 aromatic heterocycles. The Kier molecular flexibility index (Phi) is 6.36. The highest BCUT2D eigenvalue weighted by atomic mass is 32.1. The maximum atomic E-state index is 12.7. The zero-order chi connectivity index (χ0) is 20.3. The van der Waals surface area contributed by atoms with Gasteiger partial charge in [-0.25, -0.2) is 4.79 Å². The number of benzene rings is 1. The van der Waals surface area contributed by atoms with Crippen molar-refractivity contribution in [3.63, 3.8) is 0 Å². The molecule has 3 rings (SSSR count). The van der Waals surface area contributed by atoms with E-state index >= 15 is 0 Å². The lowest BCUT2D eigenvalue weighted by Gasteiger charge is -2.27. The highest BCUT2D eigenvalue weighted by Gasteiger charge is 2.32. The Bertz CT molecular complexity index is 858. The Hall–Kier alpha value is -2.38. The van der Waals surface area contributed by atoms with E-state index in [1.165, 1.54) is 23.3 Å². The van der Waals surface area contributed by atoms with Crippen LogP contribution in [0.1, 0.15) is 51.9 Å². The third-order valence-electron chi connectivity index (χ3n) is 5.04. The first kappa shape index (κ1) is 20.4. The number of rotatable bonds is 6. The van der Waals surface area contributed by atoms with Crippen molar-refractivity contribution in [3.05, 3.63) is 45.8 Å². The molecular weight excluding hydrogens is 376 g/mol. The summed E-state index contributed by atoms with van der Waals surface area (Å²) in [5, 5.41) is 3.49. The van der Waals surface area contributed by atoms with E-state index in [1.807, 2.05) is 6.92 Å². The number of anilines is 1. The van der Waals surface area contributed by atoms with E-state index in [1.54, 1.807) is 24.3 Å². The molecule has 0 spiro atoms. The number of nitrogens with one attached hydrogen (secondary N) is 2. The monoisotopic (exact) mass is 403 g/mol. The van der Waals surface area contributed by atoms with Gasteiger partial charge in [0.1, 0.15) is 17.3 Å². The van der Waals surface area contributed by atoms with Crippen LogP contribution in [-0.2, 0) is 17.7 Å². The van der Waals surface area contributed by atoms with Crippen LogP contribution in [0.25, 0.3) is 0 Å². The molecule has 2 aromatic rings. The number of carbonyl (C=O) groups is 2. The number of hydrogen-bond acceptors (Lipinski definition) is 5. The Labute approximate surface area is 169 Å². The van der Waals surface area contributed by atoms with Gasteiger partial charge in [0.15, 0.2) is 0 Å². The number of thiophene rings is 1. The van der Waals surface area contributed by atoms with E-state index in [0.29, 0.717) is 28.8 Å². The highest BCUT2D eigenvalue weighted by Crippen LogP contribution is 2.35. The molecule has 0 saturated heterocycles. The van der Waals surface area contributed by atoms with E-state index in [-0.39, 0.29) is 5.91 Å². The van der Waals surface area contributed by atoms with Crippen LogP contribution in [0.15, 0.2) is 24.3 Å². The van der Waals surface area contributed by atoms with Crippen LogP contribution in [-0.4, -0.2) is 38.2 Å². The van der Waals surface area contributed by atoms with Crippen LogP contribution in [0.4, 0.5) is 5.00 Å². The number of amides is 1. The molecule has 6 nitrogen and oxygen atoms in total. The van der Waals surface area contributed by atoms with Crippen molar-refractivity contribution in [1.29, 1.82) is 0 Å². The van der Waals surface area contributed by atoms with Crippen LogP contribution >= 0.6 is 11.3 Å². The topological polar surface area (TPSA) is 69.1 Å². The van der Waals surface area contributed by atoms with Gasteiger partial charge in [0.2, 0.25) is 0 Å². The molecule has 1 atom stereocenters. The highest BCUT2D eigenvalue weighted by molar-refractivity contribution is 7.17. The van der Waals surface area contributed by atoms with Gasteiger partial charge in [-0.05, 0) is 50.6 Å². The summed E-state index contributed by atoms with van der Waals surface area (Å²) in [6, 6.07) is 7.48. The molecule has 1 amide bonds. The lowest BCUT2D eigenvalue weighted by molar-refractivity contribution is -0.936. The predicted molar refractivity (Wildman–Crippen MR) is 110 cm³/mol. The number of methoxy groups -OCH3 is 1. The zero-order valence-corrected chi connectivity index (χ0v) is 17.6. The van der Waals surface area contributed by atoms with Gasteiger partial charge in [0.25, 0.3) is 5.91 Å². The van der Waals surface area contributed by atoms with Crippen LogP contribution < -0.4 is 15.0 Å². The van der Waals surface area contributed by atoms with Crippen molar-refractivity contribution in [2.45, 2.75) is 39.8 Å². The van der Waals surface area contributed by atoms with Gasteiger partial charge in [-0.2, -0.15) is 0 Å².